The number of carbonyl (C=O) groups is 1. The van der Waals surface area contributed by atoms with Crippen LogP contribution in [0.3, 0.4) is 0 Å². The lowest BCUT2D eigenvalue weighted by Crippen LogP contribution is -2.45. The van der Waals surface area contributed by atoms with Gasteiger partial charge in [-0.25, -0.2) is 0 Å². The van der Waals surface area contributed by atoms with Crippen molar-refractivity contribution in [1.29, 1.82) is 0 Å². The maximum absolute atomic E-state index is 13.4. The summed E-state index contributed by atoms with van der Waals surface area (Å²) >= 11 is 15.0. The van der Waals surface area contributed by atoms with Gasteiger partial charge in [0.2, 0.25) is 0 Å². The molecular formula is C25H21Cl2IN4O. The summed E-state index contributed by atoms with van der Waals surface area (Å²) < 4.78 is 1.14. The Labute approximate surface area is 216 Å². The van der Waals surface area contributed by atoms with Gasteiger partial charge in [0.25, 0.3) is 5.91 Å². The SMILES string of the molecule is C[C@@H]1C(C(=O)NN2CCc3ccccc32)=NN(c2ccc(Cl)cc2Cl)[C@H]1c1ccc(I)cc1. The summed E-state index contributed by atoms with van der Waals surface area (Å²) in [7, 11) is 0. The minimum Gasteiger partial charge on any atom is -0.285 e. The molecule has 0 radical (unpaired) electrons. The Morgan fingerprint density at radius 3 is 2.58 bits per heavy atom. The van der Waals surface area contributed by atoms with E-state index in [1.807, 2.05) is 41.2 Å². The lowest BCUT2D eigenvalue weighted by Gasteiger charge is -2.27. The summed E-state index contributed by atoms with van der Waals surface area (Å²) in [6.45, 7) is 2.77. The molecule has 0 saturated carbocycles. The van der Waals surface area contributed by atoms with Crippen LogP contribution < -0.4 is 15.4 Å². The zero-order valence-corrected chi connectivity index (χ0v) is 21.5. The minimum absolute atomic E-state index is 0.158. The number of carbonyl (C=O) groups excluding carboxylic acids is 1. The van der Waals surface area contributed by atoms with Gasteiger partial charge >= 0.3 is 0 Å². The number of halogens is 3. The van der Waals surface area contributed by atoms with Gasteiger partial charge in [-0.15, -0.1) is 0 Å². The van der Waals surface area contributed by atoms with Gasteiger partial charge in [0.05, 0.1) is 22.4 Å². The van der Waals surface area contributed by atoms with Crippen molar-refractivity contribution in [3.05, 3.63) is 91.5 Å². The molecule has 0 saturated heterocycles. The Morgan fingerprint density at radius 1 is 1.06 bits per heavy atom. The van der Waals surface area contributed by atoms with E-state index in [1.54, 1.807) is 12.1 Å². The summed E-state index contributed by atoms with van der Waals surface area (Å²) in [4.78, 5) is 13.4. The molecule has 33 heavy (non-hydrogen) atoms. The molecule has 2 heterocycles. The average Bonchev–Trinajstić information content (AvgIpc) is 3.36. The average molecular weight is 591 g/mol. The number of nitrogens with zero attached hydrogens (tertiary/aromatic N) is 3. The Kier molecular flexibility index (Phi) is 6.24. The summed E-state index contributed by atoms with van der Waals surface area (Å²) in [5.41, 5.74) is 7.57. The third kappa shape index (κ3) is 4.32. The van der Waals surface area contributed by atoms with Crippen LogP contribution in [-0.2, 0) is 11.2 Å². The van der Waals surface area contributed by atoms with E-state index in [2.05, 4.69) is 58.3 Å². The summed E-state index contributed by atoms with van der Waals surface area (Å²) in [5, 5.41) is 9.59. The third-order valence-corrected chi connectivity index (χ3v) is 7.37. The minimum atomic E-state index is -0.206. The number of rotatable bonds is 4. The molecule has 8 heteroatoms. The van der Waals surface area contributed by atoms with Crippen LogP contribution in [0.2, 0.25) is 10.0 Å². The number of hydrogen-bond donors (Lipinski definition) is 1. The maximum Gasteiger partial charge on any atom is 0.286 e. The standard InChI is InChI=1S/C25H21Cl2IN4O/c1-15-23(25(33)30-31-13-12-16-4-2-3-5-21(16)31)29-32(22-11-8-18(26)14-20(22)27)24(15)17-6-9-19(28)10-7-17/h2-11,14-15,24H,12-13H2,1H3,(H,30,33)/t15-,24-/m1/s1. The number of hydrogen-bond acceptors (Lipinski definition) is 4. The fourth-order valence-electron chi connectivity index (χ4n) is 4.48. The highest BCUT2D eigenvalue weighted by Crippen LogP contribution is 2.42. The van der Waals surface area contributed by atoms with Gasteiger partial charge in [0.15, 0.2) is 0 Å². The number of hydrazone groups is 1. The molecule has 0 unspecified atom stereocenters. The van der Waals surface area contributed by atoms with Crippen LogP contribution in [0.15, 0.2) is 71.8 Å². The van der Waals surface area contributed by atoms with Crippen molar-refractivity contribution < 1.29 is 4.79 Å². The first-order valence-corrected chi connectivity index (χ1v) is 12.5. The van der Waals surface area contributed by atoms with Crippen molar-refractivity contribution in [3.63, 3.8) is 0 Å². The Hall–Kier alpha value is -2.29. The van der Waals surface area contributed by atoms with Gasteiger partial charge in [-0.2, -0.15) is 5.10 Å². The Balaban J connectivity index is 1.49. The van der Waals surface area contributed by atoms with Crippen LogP contribution >= 0.6 is 45.8 Å². The van der Waals surface area contributed by atoms with E-state index in [0.717, 1.165) is 27.8 Å². The van der Waals surface area contributed by atoms with E-state index < -0.39 is 0 Å². The smallest absolute Gasteiger partial charge is 0.285 e. The lowest BCUT2D eigenvalue weighted by atomic mass is 9.91. The number of amides is 1. The number of anilines is 2. The summed E-state index contributed by atoms with van der Waals surface area (Å²) in [5.74, 6) is -0.364. The number of nitrogens with one attached hydrogen (secondary N) is 1. The van der Waals surface area contributed by atoms with Gasteiger partial charge in [-0.05, 0) is 76.5 Å². The molecule has 5 nitrogen and oxygen atoms in total. The molecule has 1 N–H and O–H groups in total. The van der Waals surface area contributed by atoms with Crippen LogP contribution in [0, 0.1) is 9.49 Å². The van der Waals surface area contributed by atoms with Crippen LogP contribution in [-0.4, -0.2) is 18.2 Å². The van der Waals surface area contributed by atoms with Gasteiger partial charge in [0, 0.05) is 21.1 Å². The molecule has 2 aliphatic rings. The Bertz CT molecular complexity index is 1250. The van der Waals surface area contributed by atoms with Gasteiger partial charge in [-0.3, -0.25) is 20.2 Å². The van der Waals surface area contributed by atoms with E-state index in [9.17, 15) is 4.79 Å². The topological polar surface area (TPSA) is 47.9 Å². The second kappa shape index (κ2) is 9.16. The second-order valence-corrected chi connectivity index (χ2v) is 10.3. The van der Waals surface area contributed by atoms with Crippen LogP contribution in [0.5, 0.6) is 0 Å². The fourth-order valence-corrected chi connectivity index (χ4v) is 5.33. The highest BCUT2D eigenvalue weighted by molar-refractivity contribution is 14.1. The normalized spacial score (nSPS) is 19.5. The van der Waals surface area contributed by atoms with E-state index in [4.69, 9.17) is 28.3 Å². The van der Waals surface area contributed by atoms with Crippen molar-refractivity contribution in [1.82, 2.24) is 5.43 Å². The third-order valence-electron chi connectivity index (χ3n) is 6.11. The quantitative estimate of drug-likeness (QED) is 0.366. The molecular weight excluding hydrogens is 570 g/mol. The lowest BCUT2D eigenvalue weighted by molar-refractivity contribution is -0.115. The zero-order valence-electron chi connectivity index (χ0n) is 17.8. The Morgan fingerprint density at radius 2 is 1.82 bits per heavy atom. The highest BCUT2D eigenvalue weighted by atomic mass is 127. The van der Waals surface area contributed by atoms with Crippen LogP contribution in [0.25, 0.3) is 0 Å². The highest BCUT2D eigenvalue weighted by Gasteiger charge is 2.40. The molecule has 3 aromatic rings. The van der Waals surface area contributed by atoms with Crippen molar-refractivity contribution in [2.45, 2.75) is 19.4 Å². The number of para-hydroxylation sites is 1. The molecule has 3 aromatic carbocycles. The largest absolute Gasteiger partial charge is 0.286 e. The molecule has 5 rings (SSSR count). The maximum atomic E-state index is 13.4. The monoisotopic (exact) mass is 590 g/mol. The van der Waals surface area contributed by atoms with Crippen molar-refractivity contribution in [2.75, 3.05) is 16.6 Å². The van der Waals surface area contributed by atoms with Gasteiger partial charge in [-0.1, -0.05) is 60.5 Å². The molecule has 168 valence electrons. The van der Waals surface area contributed by atoms with Crippen molar-refractivity contribution in [2.24, 2.45) is 11.0 Å². The first-order valence-electron chi connectivity index (χ1n) is 10.7. The predicted octanol–water partition coefficient (Wildman–Crippen LogP) is 6.25. The van der Waals surface area contributed by atoms with E-state index in [1.165, 1.54) is 5.56 Å². The second-order valence-electron chi connectivity index (χ2n) is 8.18. The van der Waals surface area contributed by atoms with Gasteiger partial charge < -0.3 is 0 Å². The predicted molar refractivity (Wildman–Crippen MR) is 143 cm³/mol. The molecule has 2 aliphatic heterocycles. The molecule has 2 atom stereocenters. The van der Waals surface area contributed by atoms with Crippen LogP contribution in [0.4, 0.5) is 11.4 Å². The summed E-state index contributed by atoms with van der Waals surface area (Å²) in [6.07, 6.45) is 0.899. The van der Waals surface area contributed by atoms with Crippen molar-refractivity contribution >= 4 is 68.8 Å². The number of fused-ring (bicyclic) bond motifs is 1. The van der Waals surface area contributed by atoms with E-state index in [0.29, 0.717) is 21.4 Å². The molecule has 0 spiro atoms. The van der Waals surface area contributed by atoms with Crippen molar-refractivity contribution in [3.8, 4) is 0 Å². The first-order chi connectivity index (χ1) is 15.9. The number of benzene rings is 3. The first kappa shape index (κ1) is 22.5. The molecule has 1 amide bonds. The zero-order chi connectivity index (χ0) is 23.1. The summed E-state index contributed by atoms with van der Waals surface area (Å²) in [6, 6.07) is 21.5. The van der Waals surface area contributed by atoms with Gasteiger partial charge in [0.1, 0.15) is 5.71 Å². The number of hydrazine groups is 1. The molecule has 0 aromatic heterocycles. The molecule has 0 bridgehead atoms. The van der Waals surface area contributed by atoms with E-state index in [-0.39, 0.29) is 17.9 Å². The van der Waals surface area contributed by atoms with E-state index >= 15 is 0 Å². The molecule has 0 fully saturated rings. The molecule has 0 aliphatic carbocycles. The fraction of sp³-hybridized carbons (Fsp3) is 0.200. The van der Waals surface area contributed by atoms with Crippen LogP contribution in [0.1, 0.15) is 24.1 Å².